The van der Waals surface area contributed by atoms with E-state index in [0.717, 1.165) is 22.6 Å². The minimum absolute atomic E-state index is 0.0483. The van der Waals surface area contributed by atoms with Gasteiger partial charge in [-0.15, -0.1) is 5.10 Å². The molecule has 17 heavy (non-hydrogen) atoms. The highest BCUT2D eigenvalue weighted by Crippen LogP contribution is 2.22. The number of carboxylic acid groups (broad SMARTS) is 1. The number of fused-ring (bicyclic) bond motifs is 1. The van der Waals surface area contributed by atoms with Gasteiger partial charge in [-0.25, -0.2) is 14.3 Å². The summed E-state index contributed by atoms with van der Waals surface area (Å²) in [6.45, 7) is 0. The van der Waals surface area contributed by atoms with Crippen LogP contribution in [-0.2, 0) is 7.05 Å². The Balaban J connectivity index is 2.09. The van der Waals surface area contributed by atoms with Gasteiger partial charge >= 0.3 is 5.97 Å². The van der Waals surface area contributed by atoms with E-state index in [1.54, 1.807) is 6.20 Å². The minimum atomic E-state index is -1.03. The molecule has 86 valence electrons. The number of aromatic carboxylic acids is 1. The predicted molar refractivity (Wildman–Crippen MR) is 62.2 cm³/mol. The summed E-state index contributed by atoms with van der Waals surface area (Å²) in [5.74, 6) is -1.03. The van der Waals surface area contributed by atoms with Crippen LogP contribution in [-0.4, -0.2) is 30.2 Å². The van der Waals surface area contributed by atoms with Crippen LogP contribution < -0.4 is 0 Å². The fraction of sp³-hybridized carbons (Fsp3) is 0.100. The molecule has 0 aromatic carbocycles. The molecule has 0 aliphatic carbocycles. The molecule has 1 N–H and O–H groups in total. The van der Waals surface area contributed by atoms with Crippen LogP contribution in [0.5, 0.6) is 0 Å². The summed E-state index contributed by atoms with van der Waals surface area (Å²) in [4.78, 5) is 15.7. The van der Waals surface area contributed by atoms with Crippen LogP contribution in [0, 0.1) is 0 Å². The number of hydrogen-bond donors (Lipinski definition) is 1. The second-order valence-electron chi connectivity index (χ2n) is 3.63. The fourth-order valence-corrected chi connectivity index (χ4v) is 2.30. The molecule has 7 heteroatoms. The largest absolute Gasteiger partial charge is 0.476 e. The molecule has 0 aliphatic rings. The maximum atomic E-state index is 10.7. The van der Waals surface area contributed by atoms with Crippen LogP contribution in [0.1, 0.15) is 9.80 Å². The molecule has 0 amide bonds. The molecule has 0 fully saturated rings. The molecule has 6 nitrogen and oxygen atoms in total. The Morgan fingerprint density at radius 1 is 1.47 bits per heavy atom. The third kappa shape index (κ3) is 1.60. The van der Waals surface area contributed by atoms with Gasteiger partial charge in [0.05, 0.1) is 11.9 Å². The van der Waals surface area contributed by atoms with E-state index in [2.05, 4.69) is 10.1 Å². The standard InChI is InChI=1S/C10H8N4O2S/c1-13-3-2-6(4-13)7-5-14-10(11-7)17-8(12-14)9(15)16/h2-5H,1H3,(H,15,16). The number of carboxylic acids is 1. The highest BCUT2D eigenvalue weighted by Gasteiger charge is 2.14. The number of aryl methyl sites for hydroxylation is 1. The zero-order valence-corrected chi connectivity index (χ0v) is 9.68. The van der Waals surface area contributed by atoms with E-state index in [9.17, 15) is 4.79 Å². The first-order valence-corrected chi connectivity index (χ1v) is 5.67. The third-order valence-corrected chi connectivity index (χ3v) is 3.26. The van der Waals surface area contributed by atoms with Gasteiger partial charge in [0.15, 0.2) is 0 Å². The highest BCUT2D eigenvalue weighted by molar-refractivity contribution is 7.18. The summed E-state index contributed by atoms with van der Waals surface area (Å²) in [6, 6.07) is 1.95. The maximum Gasteiger partial charge on any atom is 0.367 e. The zero-order valence-electron chi connectivity index (χ0n) is 8.86. The number of hydrogen-bond acceptors (Lipinski definition) is 4. The first kappa shape index (κ1) is 10.0. The number of nitrogens with zero attached hydrogens (tertiary/aromatic N) is 4. The van der Waals surface area contributed by atoms with Gasteiger partial charge in [0.2, 0.25) is 9.97 Å². The number of aromatic nitrogens is 4. The summed E-state index contributed by atoms with van der Waals surface area (Å²) in [7, 11) is 1.93. The first-order chi connectivity index (χ1) is 8.13. The van der Waals surface area contributed by atoms with E-state index < -0.39 is 5.97 Å². The predicted octanol–water partition coefficient (Wildman–Crippen LogP) is 1.49. The molecule has 0 unspecified atom stereocenters. The molecule has 0 bridgehead atoms. The number of rotatable bonds is 2. The molecule has 3 heterocycles. The van der Waals surface area contributed by atoms with Crippen molar-refractivity contribution >= 4 is 22.3 Å². The molecule has 3 rings (SSSR count). The molecular weight excluding hydrogens is 240 g/mol. The van der Waals surface area contributed by atoms with Crippen molar-refractivity contribution in [2.45, 2.75) is 0 Å². The van der Waals surface area contributed by atoms with Gasteiger partial charge in [-0.1, -0.05) is 11.3 Å². The quantitative estimate of drug-likeness (QED) is 0.745. The summed E-state index contributed by atoms with van der Waals surface area (Å²) < 4.78 is 3.43. The molecule has 3 aromatic rings. The highest BCUT2D eigenvalue weighted by atomic mass is 32.1. The van der Waals surface area contributed by atoms with Crippen molar-refractivity contribution in [1.29, 1.82) is 0 Å². The van der Waals surface area contributed by atoms with Crippen LogP contribution in [0.2, 0.25) is 0 Å². The Labute approximate surface area is 99.8 Å². The van der Waals surface area contributed by atoms with Crippen molar-refractivity contribution in [1.82, 2.24) is 19.2 Å². The Morgan fingerprint density at radius 3 is 2.88 bits per heavy atom. The van der Waals surface area contributed by atoms with Gasteiger partial charge in [-0.3, -0.25) is 0 Å². The molecule has 0 saturated carbocycles. The smallest absolute Gasteiger partial charge is 0.367 e. The van der Waals surface area contributed by atoms with Crippen molar-refractivity contribution in [2.24, 2.45) is 7.05 Å². The lowest BCUT2D eigenvalue weighted by molar-refractivity contribution is 0.0695. The van der Waals surface area contributed by atoms with Crippen molar-refractivity contribution < 1.29 is 9.90 Å². The van der Waals surface area contributed by atoms with Gasteiger partial charge in [-0.05, 0) is 6.07 Å². The fourth-order valence-electron chi connectivity index (χ4n) is 1.58. The van der Waals surface area contributed by atoms with Crippen molar-refractivity contribution in [2.75, 3.05) is 0 Å². The lowest BCUT2D eigenvalue weighted by Crippen LogP contribution is -1.95. The zero-order chi connectivity index (χ0) is 12.0. The van der Waals surface area contributed by atoms with E-state index in [4.69, 9.17) is 5.11 Å². The minimum Gasteiger partial charge on any atom is -0.476 e. The summed E-state index contributed by atoms with van der Waals surface area (Å²) in [5.41, 5.74) is 1.78. The van der Waals surface area contributed by atoms with E-state index in [1.165, 1.54) is 4.52 Å². The second-order valence-corrected chi connectivity index (χ2v) is 4.59. The summed E-state index contributed by atoms with van der Waals surface area (Å²) in [5, 5.41) is 12.8. The Hall–Kier alpha value is -2.15. The van der Waals surface area contributed by atoms with Crippen LogP contribution >= 0.6 is 11.3 Å². The van der Waals surface area contributed by atoms with E-state index in [1.807, 2.05) is 30.1 Å². The van der Waals surface area contributed by atoms with Gasteiger partial charge in [-0.2, -0.15) is 0 Å². The molecule has 0 saturated heterocycles. The molecule has 0 spiro atoms. The number of carbonyl (C=O) groups is 1. The van der Waals surface area contributed by atoms with Crippen LogP contribution in [0.4, 0.5) is 0 Å². The summed E-state index contributed by atoms with van der Waals surface area (Å²) in [6.07, 6.45) is 5.61. The maximum absolute atomic E-state index is 10.7. The van der Waals surface area contributed by atoms with Crippen LogP contribution in [0.25, 0.3) is 16.2 Å². The van der Waals surface area contributed by atoms with Gasteiger partial charge < -0.3 is 9.67 Å². The lowest BCUT2D eigenvalue weighted by atomic mass is 10.3. The van der Waals surface area contributed by atoms with Gasteiger partial charge in [0, 0.05) is 25.0 Å². The Kier molecular flexibility index (Phi) is 2.02. The van der Waals surface area contributed by atoms with Crippen LogP contribution in [0.15, 0.2) is 24.7 Å². The Morgan fingerprint density at radius 2 is 2.29 bits per heavy atom. The Bertz CT molecular complexity index is 677. The average Bonchev–Trinajstić information content (AvgIpc) is 2.88. The molecule has 3 aromatic heterocycles. The van der Waals surface area contributed by atoms with Crippen LogP contribution in [0.3, 0.4) is 0 Å². The van der Waals surface area contributed by atoms with E-state index >= 15 is 0 Å². The SMILES string of the molecule is Cn1ccc(-c2cn3nc(C(=O)O)sc3n2)c1. The lowest BCUT2D eigenvalue weighted by Gasteiger charge is -1.88. The molecule has 0 aliphatic heterocycles. The number of imidazole rings is 1. The second kappa shape index (κ2) is 3.42. The third-order valence-electron chi connectivity index (χ3n) is 2.35. The van der Waals surface area contributed by atoms with E-state index in [-0.39, 0.29) is 5.01 Å². The first-order valence-electron chi connectivity index (χ1n) is 4.85. The summed E-state index contributed by atoms with van der Waals surface area (Å²) >= 11 is 1.06. The van der Waals surface area contributed by atoms with Gasteiger partial charge in [0.1, 0.15) is 0 Å². The average molecular weight is 248 g/mol. The van der Waals surface area contributed by atoms with Crippen molar-refractivity contribution in [3.8, 4) is 11.3 Å². The van der Waals surface area contributed by atoms with Crippen molar-refractivity contribution in [3.63, 3.8) is 0 Å². The molecule has 0 atom stereocenters. The molecule has 0 radical (unpaired) electrons. The monoisotopic (exact) mass is 248 g/mol. The van der Waals surface area contributed by atoms with Gasteiger partial charge in [0.25, 0.3) is 0 Å². The normalized spacial score (nSPS) is 11.1. The molecular formula is C10H8N4O2S. The topological polar surface area (TPSA) is 72.4 Å². The van der Waals surface area contributed by atoms with E-state index in [0.29, 0.717) is 4.96 Å². The van der Waals surface area contributed by atoms with Crippen molar-refractivity contribution in [3.05, 3.63) is 29.7 Å².